The Kier molecular flexibility index (Phi) is 7.52. The van der Waals surface area contributed by atoms with Gasteiger partial charge < -0.3 is 14.0 Å². The zero-order valence-corrected chi connectivity index (χ0v) is 23.9. The van der Waals surface area contributed by atoms with E-state index in [2.05, 4.69) is 30.7 Å². The van der Waals surface area contributed by atoms with E-state index in [9.17, 15) is 9.18 Å². The van der Waals surface area contributed by atoms with Gasteiger partial charge in [0.25, 0.3) is 0 Å². The van der Waals surface area contributed by atoms with E-state index in [1.165, 1.54) is 6.07 Å². The van der Waals surface area contributed by atoms with Gasteiger partial charge in [-0.2, -0.15) is 0 Å². The van der Waals surface area contributed by atoms with Crippen molar-refractivity contribution < 1.29 is 18.4 Å². The third-order valence-corrected chi connectivity index (χ3v) is 8.06. The molecule has 2 aromatic carbocycles. The zero-order valence-electron chi connectivity index (χ0n) is 23.1. The molecule has 0 unspecified atom stereocenters. The Morgan fingerprint density at radius 3 is 2.79 bits per heavy atom. The van der Waals surface area contributed by atoms with Crippen LogP contribution in [0.3, 0.4) is 0 Å². The molecule has 2 aliphatic rings. The van der Waals surface area contributed by atoms with Crippen molar-refractivity contribution in [3.8, 4) is 17.3 Å². The minimum absolute atomic E-state index is 0.0667. The standard InChI is InChI=1S/C31H28ClFN6O4/c32-22-6-4-21(24(33)15-22)18-42-29-3-1-2-25(35-29)19-8-11-38(12-9-19)17-28-34-26-7-5-20(30-36-31(40)43-37-30)14-27(26)39(28)16-23-10-13-41-23/h1-8,14-15,23H,9-13,16-18H2,(H,36,37,40)/t23-/m0/s1. The Morgan fingerprint density at radius 1 is 1.14 bits per heavy atom. The Balaban J connectivity index is 1.06. The molecule has 1 atom stereocenters. The molecule has 7 rings (SSSR count). The lowest BCUT2D eigenvalue weighted by molar-refractivity contribution is -0.0591. The highest BCUT2D eigenvalue weighted by molar-refractivity contribution is 6.30. The second-order valence-corrected chi connectivity index (χ2v) is 11.1. The molecule has 10 nitrogen and oxygen atoms in total. The molecule has 43 heavy (non-hydrogen) atoms. The second kappa shape index (κ2) is 11.8. The van der Waals surface area contributed by atoms with Gasteiger partial charge in [0.1, 0.15) is 18.2 Å². The fraction of sp³-hybridized carbons (Fsp3) is 0.290. The summed E-state index contributed by atoms with van der Waals surface area (Å²) in [7, 11) is 0. The Morgan fingerprint density at radius 2 is 2.05 bits per heavy atom. The van der Waals surface area contributed by atoms with Crippen LogP contribution in [-0.2, 0) is 24.4 Å². The van der Waals surface area contributed by atoms with Gasteiger partial charge in [-0.05, 0) is 54.8 Å². The Labute approximate surface area is 250 Å². The number of hydrogen-bond acceptors (Lipinski definition) is 8. The number of pyridine rings is 1. The van der Waals surface area contributed by atoms with Gasteiger partial charge in [-0.3, -0.25) is 14.4 Å². The minimum atomic E-state index is -0.590. The van der Waals surface area contributed by atoms with Crippen molar-refractivity contribution in [1.82, 2.24) is 29.6 Å². The van der Waals surface area contributed by atoms with Crippen LogP contribution in [0.2, 0.25) is 5.02 Å². The fourth-order valence-electron chi connectivity index (χ4n) is 5.38. The van der Waals surface area contributed by atoms with Gasteiger partial charge in [-0.1, -0.05) is 35.0 Å². The molecule has 1 fully saturated rings. The summed E-state index contributed by atoms with van der Waals surface area (Å²) in [5.74, 6) is 0.786. The van der Waals surface area contributed by atoms with Crippen molar-refractivity contribution in [2.45, 2.75) is 38.6 Å². The number of benzene rings is 2. The number of aromatic nitrogens is 5. The molecule has 0 spiro atoms. The molecule has 0 aliphatic carbocycles. The first kappa shape index (κ1) is 27.5. The van der Waals surface area contributed by atoms with E-state index in [1.54, 1.807) is 18.2 Å². The number of hydrogen-bond donors (Lipinski definition) is 1. The van der Waals surface area contributed by atoms with E-state index >= 15 is 0 Å². The van der Waals surface area contributed by atoms with Crippen LogP contribution in [0, 0.1) is 5.82 Å². The van der Waals surface area contributed by atoms with Crippen molar-refractivity contribution in [3.63, 3.8) is 0 Å². The monoisotopic (exact) mass is 602 g/mol. The number of fused-ring (bicyclic) bond motifs is 1. The van der Waals surface area contributed by atoms with Crippen LogP contribution >= 0.6 is 11.6 Å². The number of rotatable bonds is 9. The molecule has 1 saturated heterocycles. The van der Waals surface area contributed by atoms with Crippen LogP contribution in [0.4, 0.5) is 4.39 Å². The molecule has 5 aromatic rings. The first-order valence-electron chi connectivity index (χ1n) is 14.1. The normalized spacial score (nSPS) is 17.2. The van der Waals surface area contributed by atoms with Crippen molar-refractivity contribution in [1.29, 1.82) is 0 Å². The highest BCUT2D eigenvalue weighted by atomic mass is 35.5. The van der Waals surface area contributed by atoms with Gasteiger partial charge in [0.2, 0.25) is 5.88 Å². The third kappa shape index (κ3) is 5.96. The average molecular weight is 603 g/mol. The molecule has 0 amide bonds. The topological polar surface area (TPSA) is 111 Å². The lowest BCUT2D eigenvalue weighted by Gasteiger charge is -2.29. The molecule has 3 aromatic heterocycles. The summed E-state index contributed by atoms with van der Waals surface area (Å²) in [6.45, 7) is 3.80. The molecule has 2 aliphatic heterocycles. The van der Waals surface area contributed by atoms with Crippen molar-refractivity contribution in [3.05, 3.63) is 99.1 Å². The molecule has 12 heteroatoms. The Hall–Kier alpha value is -4.32. The summed E-state index contributed by atoms with van der Waals surface area (Å²) in [6.07, 6.45) is 4.17. The summed E-state index contributed by atoms with van der Waals surface area (Å²) in [5, 5.41) is 4.18. The first-order valence-corrected chi connectivity index (χ1v) is 14.5. The summed E-state index contributed by atoms with van der Waals surface area (Å²) >= 11 is 5.85. The van der Waals surface area contributed by atoms with Gasteiger partial charge in [-0.15, -0.1) is 0 Å². The number of ether oxygens (including phenoxy) is 2. The summed E-state index contributed by atoms with van der Waals surface area (Å²) in [4.78, 5) is 26.1. The van der Waals surface area contributed by atoms with E-state index in [0.717, 1.165) is 66.2 Å². The lowest BCUT2D eigenvalue weighted by atomic mass is 10.0. The van der Waals surface area contributed by atoms with Crippen LogP contribution < -0.4 is 10.5 Å². The Bertz CT molecular complexity index is 1880. The largest absolute Gasteiger partial charge is 0.473 e. The smallest absolute Gasteiger partial charge is 0.439 e. The number of imidazole rings is 1. The zero-order chi connectivity index (χ0) is 29.3. The summed E-state index contributed by atoms with van der Waals surface area (Å²) in [6, 6.07) is 16.0. The van der Waals surface area contributed by atoms with Gasteiger partial charge in [0.15, 0.2) is 5.82 Å². The van der Waals surface area contributed by atoms with Gasteiger partial charge in [0, 0.05) is 41.9 Å². The average Bonchev–Trinajstić information content (AvgIpc) is 3.57. The van der Waals surface area contributed by atoms with E-state index in [-0.39, 0.29) is 12.7 Å². The molecule has 1 N–H and O–H groups in total. The lowest BCUT2D eigenvalue weighted by Crippen LogP contribution is -2.33. The number of nitrogens with zero attached hydrogens (tertiary/aromatic N) is 5. The minimum Gasteiger partial charge on any atom is -0.473 e. The summed E-state index contributed by atoms with van der Waals surface area (Å²) in [5.41, 5.74) is 4.99. The molecule has 0 saturated carbocycles. The van der Waals surface area contributed by atoms with Gasteiger partial charge in [0.05, 0.1) is 35.9 Å². The summed E-state index contributed by atoms with van der Waals surface area (Å²) < 4.78 is 32.6. The van der Waals surface area contributed by atoms with Crippen LogP contribution in [-0.4, -0.2) is 55.4 Å². The molecule has 220 valence electrons. The van der Waals surface area contributed by atoms with Crippen LogP contribution in [0.25, 0.3) is 28.0 Å². The molecule has 0 radical (unpaired) electrons. The van der Waals surface area contributed by atoms with E-state index in [4.69, 9.17) is 30.6 Å². The molecule has 5 heterocycles. The number of H-pyrrole nitrogens is 1. The number of halogens is 2. The number of nitrogens with one attached hydrogen (secondary N) is 1. The predicted octanol–water partition coefficient (Wildman–Crippen LogP) is 5.22. The maximum atomic E-state index is 14.1. The SMILES string of the molecule is O=c1[nH]c(-c2ccc3nc(CN4CC=C(c5cccc(OCc6ccc(Cl)cc6F)n5)CC4)n(C[C@@H]4CCO4)c3c2)no1. The van der Waals surface area contributed by atoms with Crippen LogP contribution in [0.15, 0.2) is 70.0 Å². The molecular weight excluding hydrogens is 575 g/mol. The van der Waals surface area contributed by atoms with Crippen LogP contribution in [0.1, 0.15) is 29.9 Å². The molecule has 0 bridgehead atoms. The fourth-order valence-corrected chi connectivity index (χ4v) is 5.54. The predicted molar refractivity (Wildman–Crippen MR) is 158 cm³/mol. The van der Waals surface area contributed by atoms with Crippen molar-refractivity contribution in [2.24, 2.45) is 0 Å². The van der Waals surface area contributed by atoms with Crippen molar-refractivity contribution in [2.75, 3.05) is 19.7 Å². The first-order chi connectivity index (χ1) is 21.0. The van der Waals surface area contributed by atoms with Crippen molar-refractivity contribution >= 4 is 28.2 Å². The van der Waals surface area contributed by atoms with Crippen LogP contribution in [0.5, 0.6) is 5.88 Å². The maximum Gasteiger partial charge on any atom is 0.439 e. The van der Waals surface area contributed by atoms with Gasteiger partial charge >= 0.3 is 5.76 Å². The number of aromatic amines is 1. The molecular formula is C31H28ClFN6O4. The second-order valence-electron chi connectivity index (χ2n) is 10.7. The third-order valence-electron chi connectivity index (χ3n) is 7.82. The quantitative estimate of drug-likeness (QED) is 0.244. The highest BCUT2D eigenvalue weighted by Crippen LogP contribution is 2.28. The van der Waals surface area contributed by atoms with Gasteiger partial charge in [-0.25, -0.2) is 19.2 Å². The van der Waals surface area contributed by atoms with E-state index in [1.807, 2.05) is 30.3 Å². The maximum absolute atomic E-state index is 14.1. The van der Waals surface area contributed by atoms with E-state index < -0.39 is 11.6 Å². The van der Waals surface area contributed by atoms with E-state index in [0.29, 0.717) is 35.4 Å². The highest BCUT2D eigenvalue weighted by Gasteiger charge is 2.24.